The summed E-state index contributed by atoms with van der Waals surface area (Å²) in [6, 6.07) is 7.14. The van der Waals surface area contributed by atoms with Gasteiger partial charge in [-0.05, 0) is 24.0 Å². The molecule has 0 bridgehead atoms. The van der Waals surface area contributed by atoms with Crippen LogP contribution in [0.2, 0.25) is 0 Å². The Balaban J connectivity index is 1.80. The highest BCUT2D eigenvalue weighted by atomic mass is 19.4. The Labute approximate surface area is 142 Å². The number of nitrogens with zero attached hydrogens (tertiary/aromatic N) is 2. The normalized spacial score (nSPS) is 19.3. The number of amides is 1. The SMILES string of the molecule is Cn1ccnc1[C@@](O)(CC(=O)N[C@@H]1CCc2ccccc21)C(F)(F)F. The van der Waals surface area contributed by atoms with Gasteiger partial charge in [-0.1, -0.05) is 24.3 Å². The van der Waals surface area contributed by atoms with Gasteiger partial charge in [-0.25, -0.2) is 4.98 Å². The molecule has 1 amide bonds. The summed E-state index contributed by atoms with van der Waals surface area (Å²) in [6.07, 6.45) is -2.35. The highest BCUT2D eigenvalue weighted by molar-refractivity contribution is 5.78. The zero-order valence-corrected chi connectivity index (χ0v) is 13.5. The topological polar surface area (TPSA) is 67.1 Å². The van der Waals surface area contributed by atoms with Crippen LogP contribution in [0.15, 0.2) is 36.7 Å². The minimum Gasteiger partial charge on any atom is -0.374 e. The van der Waals surface area contributed by atoms with Gasteiger partial charge in [0.05, 0.1) is 12.5 Å². The van der Waals surface area contributed by atoms with Crippen molar-refractivity contribution in [3.8, 4) is 0 Å². The molecule has 1 aromatic heterocycles. The number of alkyl halides is 3. The fourth-order valence-electron chi connectivity index (χ4n) is 3.25. The summed E-state index contributed by atoms with van der Waals surface area (Å²) in [4.78, 5) is 15.9. The number of hydrogen-bond donors (Lipinski definition) is 2. The predicted molar refractivity (Wildman–Crippen MR) is 83.4 cm³/mol. The Kier molecular flexibility index (Phi) is 4.32. The van der Waals surface area contributed by atoms with E-state index < -0.39 is 29.9 Å². The van der Waals surface area contributed by atoms with Crippen LogP contribution < -0.4 is 5.32 Å². The molecule has 0 saturated heterocycles. The summed E-state index contributed by atoms with van der Waals surface area (Å²) in [6.45, 7) is 0. The Morgan fingerprint density at radius 2 is 2.12 bits per heavy atom. The van der Waals surface area contributed by atoms with Crippen LogP contribution in [-0.2, 0) is 23.9 Å². The molecule has 0 aliphatic heterocycles. The lowest BCUT2D eigenvalue weighted by molar-refractivity contribution is -0.271. The molecular formula is C17H18F3N3O2. The van der Waals surface area contributed by atoms with Crippen LogP contribution >= 0.6 is 0 Å². The van der Waals surface area contributed by atoms with Crippen molar-refractivity contribution in [2.45, 2.75) is 37.1 Å². The van der Waals surface area contributed by atoms with Gasteiger partial charge in [0.1, 0.15) is 0 Å². The van der Waals surface area contributed by atoms with E-state index in [0.29, 0.717) is 6.42 Å². The second-order valence-corrected chi connectivity index (χ2v) is 6.25. The molecule has 0 radical (unpaired) electrons. The van der Waals surface area contributed by atoms with Crippen molar-refractivity contribution < 1.29 is 23.1 Å². The van der Waals surface area contributed by atoms with Crippen molar-refractivity contribution in [1.82, 2.24) is 14.9 Å². The minimum atomic E-state index is -5.03. The third-order valence-electron chi connectivity index (χ3n) is 4.54. The van der Waals surface area contributed by atoms with Gasteiger partial charge in [0.2, 0.25) is 11.5 Å². The number of imidazole rings is 1. The number of hydrogen-bond acceptors (Lipinski definition) is 3. The molecule has 25 heavy (non-hydrogen) atoms. The van der Waals surface area contributed by atoms with Crippen LogP contribution in [0.1, 0.15) is 35.8 Å². The van der Waals surface area contributed by atoms with Crippen molar-refractivity contribution in [3.63, 3.8) is 0 Å². The molecule has 1 aromatic carbocycles. The number of benzene rings is 1. The van der Waals surface area contributed by atoms with Gasteiger partial charge < -0.3 is 15.0 Å². The van der Waals surface area contributed by atoms with Gasteiger partial charge in [-0.2, -0.15) is 13.2 Å². The van der Waals surface area contributed by atoms with Crippen molar-refractivity contribution in [2.24, 2.45) is 7.05 Å². The fraction of sp³-hybridized carbons (Fsp3) is 0.412. The second-order valence-electron chi connectivity index (χ2n) is 6.25. The molecule has 0 fully saturated rings. The van der Waals surface area contributed by atoms with Crippen LogP contribution in [0.25, 0.3) is 0 Å². The summed E-state index contributed by atoms with van der Waals surface area (Å²) in [5.41, 5.74) is -1.36. The summed E-state index contributed by atoms with van der Waals surface area (Å²) < 4.78 is 41.5. The number of rotatable bonds is 4. The third kappa shape index (κ3) is 3.13. The lowest BCUT2D eigenvalue weighted by Crippen LogP contribution is -2.48. The number of aliphatic hydroxyl groups is 1. The van der Waals surface area contributed by atoms with E-state index in [2.05, 4.69) is 10.3 Å². The molecule has 2 N–H and O–H groups in total. The number of carbonyl (C=O) groups is 1. The predicted octanol–water partition coefficient (Wildman–Crippen LogP) is 2.36. The highest BCUT2D eigenvalue weighted by Crippen LogP contribution is 2.41. The molecule has 1 aliphatic carbocycles. The van der Waals surface area contributed by atoms with E-state index in [1.54, 1.807) is 0 Å². The van der Waals surface area contributed by atoms with Crippen molar-refractivity contribution in [1.29, 1.82) is 0 Å². The summed E-state index contributed by atoms with van der Waals surface area (Å²) in [7, 11) is 1.34. The standard InChI is InChI=1S/C17H18F3N3O2/c1-23-9-8-21-15(23)16(25,17(18,19)20)10-14(24)22-13-7-6-11-4-2-3-5-12(11)13/h2-5,8-9,13,25H,6-7,10H2,1H3,(H,22,24)/t13-,16+/m1/s1. The largest absolute Gasteiger partial charge is 0.425 e. The van der Waals surface area contributed by atoms with Crippen LogP contribution in [0, 0.1) is 0 Å². The molecule has 2 aromatic rings. The lowest BCUT2D eigenvalue weighted by atomic mass is 9.96. The monoisotopic (exact) mass is 353 g/mol. The summed E-state index contributed by atoms with van der Waals surface area (Å²) in [5.74, 6) is -1.48. The third-order valence-corrected chi connectivity index (χ3v) is 4.54. The average Bonchev–Trinajstić information content (AvgIpc) is 3.13. The first-order valence-electron chi connectivity index (χ1n) is 7.86. The summed E-state index contributed by atoms with van der Waals surface area (Å²) in [5, 5.41) is 12.9. The second kappa shape index (κ2) is 6.18. The molecule has 2 atom stereocenters. The molecule has 1 aliphatic rings. The lowest BCUT2D eigenvalue weighted by Gasteiger charge is -2.29. The van der Waals surface area contributed by atoms with Crippen molar-refractivity contribution >= 4 is 5.91 Å². The number of carbonyl (C=O) groups excluding carboxylic acids is 1. The van der Waals surface area contributed by atoms with E-state index >= 15 is 0 Å². The van der Waals surface area contributed by atoms with Crippen LogP contribution in [0.3, 0.4) is 0 Å². The quantitative estimate of drug-likeness (QED) is 0.887. The first-order chi connectivity index (χ1) is 11.7. The van der Waals surface area contributed by atoms with Gasteiger partial charge in [0, 0.05) is 19.4 Å². The maximum Gasteiger partial charge on any atom is 0.425 e. The Morgan fingerprint density at radius 3 is 2.76 bits per heavy atom. The Hall–Kier alpha value is -2.35. The van der Waals surface area contributed by atoms with E-state index in [1.165, 1.54) is 13.2 Å². The van der Waals surface area contributed by atoms with Crippen LogP contribution in [0.5, 0.6) is 0 Å². The molecular weight excluding hydrogens is 335 g/mol. The highest BCUT2D eigenvalue weighted by Gasteiger charge is 2.58. The number of halogens is 3. The molecule has 0 saturated carbocycles. The van der Waals surface area contributed by atoms with Gasteiger partial charge in [-0.15, -0.1) is 0 Å². The molecule has 5 nitrogen and oxygen atoms in total. The van der Waals surface area contributed by atoms with Gasteiger partial charge in [0.15, 0.2) is 5.82 Å². The molecule has 1 heterocycles. The minimum absolute atomic E-state index is 0.345. The average molecular weight is 353 g/mol. The summed E-state index contributed by atoms with van der Waals surface area (Å²) >= 11 is 0. The van der Waals surface area contributed by atoms with Gasteiger partial charge in [-0.3, -0.25) is 4.79 Å². The number of nitrogens with one attached hydrogen (secondary N) is 1. The first-order valence-corrected chi connectivity index (χ1v) is 7.86. The Morgan fingerprint density at radius 1 is 1.40 bits per heavy atom. The first kappa shape index (κ1) is 17.5. The van der Waals surface area contributed by atoms with E-state index in [9.17, 15) is 23.1 Å². The van der Waals surface area contributed by atoms with E-state index in [0.717, 1.165) is 28.3 Å². The van der Waals surface area contributed by atoms with Gasteiger partial charge >= 0.3 is 6.18 Å². The number of aromatic nitrogens is 2. The molecule has 0 spiro atoms. The van der Waals surface area contributed by atoms with Crippen LogP contribution in [0.4, 0.5) is 13.2 Å². The molecule has 0 unspecified atom stereocenters. The van der Waals surface area contributed by atoms with E-state index in [4.69, 9.17) is 0 Å². The fourth-order valence-corrected chi connectivity index (χ4v) is 3.25. The molecule has 8 heteroatoms. The number of fused-ring (bicyclic) bond motifs is 1. The van der Waals surface area contributed by atoms with E-state index in [-0.39, 0.29) is 6.04 Å². The molecule has 3 rings (SSSR count). The Bertz CT molecular complexity index is 787. The van der Waals surface area contributed by atoms with Crippen LogP contribution in [-0.4, -0.2) is 26.7 Å². The zero-order valence-electron chi connectivity index (χ0n) is 13.5. The van der Waals surface area contributed by atoms with E-state index in [1.807, 2.05) is 24.3 Å². The zero-order chi connectivity index (χ0) is 18.2. The van der Waals surface area contributed by atoms with Crippen molar-refractivity contribution in [2.75, 3.05) is 0 Å². The maximum atomic E-state index is 13.5. The van der Waals surface area contributed by atoms with Gasteiger partial charge in [0.25, 0.3) is 0 Å². The van der Waals surface area contributed by atoms with Crippen molar-refractivity contribution in [3.05, 3.63) is 53.6 Å². The maximum absolute atomic E-state index is 13.5. The smallest absolute Gasteiger partial charge is 0.374 e. The number of aryl methyl sites for hydroxylation is 2. The molecule has 134 valence electrons.